The van der Waals surface area contributed by atoms with Gasteiger partial charge in [-0.1, -0.05) is 12.1 Å². The van der Waals surface area contributed by atoms with Gasteiger partial charge in [0.2, 0.25) is 0 Å². The van der Waals surface area contributed by atoms with Crippen LogP contribution in [-0.4, -0.2) is 36.7 Å². The van der Waals surface area contributed by atoms with Gasteiger partial charge in [0.1, 0.15) is 5.75 Å². The zero-order valence-electron chi connectivity index (χ0n) is 13.1. The van der Waals surface area contributed by atoms with Gasteiger partial charge in [-0.25, -0.2) is 0 Å². The first kappa shape index (κ1) is 15.3. The van der Waals surface area contributed by atoms with Crippen molar-refractivity contribution in [2.24, 2.45) is 5.92 Å². The number of hydrogen-bond acceptors (Lipinski definition) is 3. The van der Waals surface area contributed by atoms with Crippen molar-refractivity contribution in [3.05, 3.63) is 28.8 Å². The molecular weight excluding hydrogens is 248 g/mol. The van der Waals surface area contributed by atoms with Crippen LogP contribution in [0.25, 0.3) is 0 Å². The monoisotopic (exact) mass is 276 g/mol. The maximum atomic E-state index is 9.83. The Bertz CT molecular complexity index is 414. The third-order valence-electron chi connectivity index (χ3n) is 4.47. The van der Waals surface area contributed by atoms with Crippen molar-refractivity contribution < 1.29 is 5.11 Å². The number of aromatic hydroxyl groups is 1. The molecule has 0 spiro atoms. The van der Waals surface area contributed by atoms with Crippen molar-refractivity contribution in [1.82, 2.24) is 10.2 Å². The topological polar surface area (TPSA) is 35.5 Å². The van der Waals surface area contributed by atoms with E-state index in [4.69, 9.17) is 0 Å². The molecule has 1 aromatic rings. The van der Waals surface area contributed by atoms with E-state index in [0.29, 0.717) is 5.75 Å². The number of rotatable bonds is 5. The molecule has 2 N–H and O–H groups in total. The highest BCUT2D eigenvalue weighted by molar-refractivity contribution is 5.42. The number of piperidine rings is 1. The first-order chi connectivity index (χ1) is 9.60. The molecule has 3 nitrogen and oxygen atoms in total. The highest BCUT2D eigenvalue weighted by Crippen LogP contribution is 2.25. The predicted octanol–water partition coefficient (Wildman–Crippen LogP) is 2.83. The van der Waals surface area contributed by atoms with Crippen molar-refractivity contribution >= 4 is 0 Å². The number of phenolic OH excluding ortho intramolecular Hbond substituents is 1. The summed E-state index contributed by atoms with van der Waals surface area (Å²) in [5.74, 6) is 1.33. The fourth-order valence-corrected chi connectivity index (χ4v) is 3.18. The second kappa shape index (κ2) is 7.09. The Kier molecular flexibility index (Phi) is 5.44. The summed E-state index contributed by atoms with van der Waals surface area (Å²) in [4.78, 5) is 2.54. The molecule has 3 heteroatoms. The van der Waals surface area contributed by atoms with E-state index in [9.17, 15) is 5.11 Å². The van der Waals surface area contributed by atoms with E-state index in [1.807, 2.05) is 20.9 Å². The molecule has 1 aromatic carbocycles. The zero-order chi connectivity index (χ0) is 14.5. The van der Waals surface area contributed by atoms with Crippen LogP contribution in [0.15, 0.2) is 12.1 Å². The highest BCUT2D eigenvalue weighted by atomic mass is 16.3. The normalized spacial score (nSPS) is 17.6. The molecule has 0 atom stereocenters. The largest absolute Gasteiger partial charge is 0.507 e. The minimum atomic E-state index is 0.444. The number of likely N-dealkylation sites (tertiary alicyclic amines) is 1. The Morgan fingerprint density at radius 1 is 1.20 bits per heavy atom. The second-order valence-corrected chi connectivity index (χ2v) is 6.19. The van der Waals surface area contributed by atoms with Gasteiger partial charge >= 0.3 is 0 Å². The molecule has 2 rings (SSSR count). The molecule has 0 amide bonds. The summed E-state index contributed by atoms with van der Waals surface area (Å²) in [7, 11) is 2.03. The Morgan fingerprint density at radius 2 is 1.80 bits per heavy atom. The van der Waals surface area contributed by atoms with Crippen LogP contribution < -0.4 is 5.32 Å². The molecule has 112 valence electrons. The zero-order valence-corrected chi connectivity index (χ0v) is 13.1. The van der Waals surface area contributed by atoms with Gasteiger partial charge in [0.05, 0.1) is 0 Å². The first-order valence-electron chi connectivity index (χ1n) is 7.76. The van der Waals surface area contributed by atoms with E-state index < -0.39 is 0 Å². The maximum absolute atomic E-state index is 9.83. The van der Waals surface area contributed by atoms with Gasteiger partial charge in [-0.05, 0) is 82.4 Å². The van der Waals surface area contributed by atoms with Crippen molar-refractivity contribution in [1.29, 1.82) is 0 Å². The fraction of sp³-hybridized carbons (Fsp3) is 0.647. The molecular formula is C17H28N2O. The average molecular weight is 276 g/mol. The Balaban J connectivity index is 1.86. The van der Waals surface area contributed by atoms with Crippen molar-refractivity contribution in [3.63, 3.8) is 0 Å². The van der Waals surface area contributed by atoms with Gasteiger partial charge in [-0.15, -0.1) is 0 Å². The molecule has 1 heterocycles. The lowest BCUT2D eigenvalue weighted by Gasteiger charge is -2.32. The van der Waals surface area contributed by atoms with Crippen LogP contribution in [0.3, 0.4) is 0 Å². The van der Waals surface area contributed by atoms with E-state index in [1.165, 1.54) is 37.9 Å². The number of aryl methyl sites for hydroxylation is 2. The van der Waals surface area contributed by atoms with Crippen LogP contribution in [0.1, 0.15) is 36.0 Å². The minimum absolute atomic E-state index is 0.444. The van der Waals surface area contributed by atoms with Crippen LogP contribution in [0, 0.1) is 19.8 Å². The Hall–Kier alpha value is -1.06. The summed E-state index contributed by atoms with van der Waals surface area (Å²) < 4.78 is 0. The molecule has 1 saturated heterocycles. The maximum Gasteiger partial charge on any atom is 0.121 e. The fourth-order valence-electron chi connectivity index (χ4n) is 3.18. The molecule has 1 aliphatic heterocycles. The van der Waals surface area contributed by atoms with E-state index in [0.717, 1.165) is 30.1 Å². The third-order valence-corrected chi connectivity index (χ3v) is 4.47. The van der Waals surface area contributed by atoms with Gasteiger partial charge in [0, 0.05) is 6.54 Å². The number of nitrogens with zero attached hydrogens (tertiary/aromatic N) is 1. The summed E-state index contributed by atoms with van der Waals surface area (Å²) in [6.45, 7) is 8.52. The third kappa shape index (κ3) is 3.97. The summed E-state index contributed by atoms with van der Waals surface area (Å²) >= 11 is 0. The molecule has 1 aliphatic rings. The smallest absolute Gasteiger partial charge is 0.121 e. The molecule has 0 radical (unpaired) electrons. The van der Waals surface area contributed by atoms with Crippen LogP contribution >= 0.6 is 0 Å². The lowest BCUT2D eigenvalue weighted by Crippen LogP contribution is -2.34. The van der Waals surface area contributed by atoms with E-state index in [-0.39, 0.29) is 0 Å². The van der Waals surface area contributed by atoms with E-state index in [2.05, 4.69) is 22.3 Å². The van der Waals surface area contributed by atoms with Crippen LogP contribution in [0.5, 0.6) is 5.75 Å². The highest BCUT2D eigenvalue weighted by Gasteiger charge is 2.19. The summed E-state index contributed by atoms with van der Waals surface area (Å²) in [6, 6.07) is 4.24. The molecule has 0 unspecified atom stereocenters. The van der Waals surface area contributed by atoms with Gasteiger partial charge in [0.15, 0.2) is 0 Å². The van der Waals surface area contributed by atoms with Gasteiger partial charge < -0.3 is 10.4 Å². The van der Waals surface area contributed by atoms with Crippen LogP contribution in [0.2, 0.25) is 0 Å². The SMILES string of the molecule is CNCCC1CCN(Cc2cc(C)c(O)c(C)c2)CC1. The van der Waals surface area contributed by atoms with E-state index in [1.54, 1.807) is 0 Å². The summed E-state index contributed by atoms with van der Waals surface area (Å²) in [5, 5.41) is 13.1. The number of nitrogens with one attached hydrogen (secondary N) is 1. The van der Waals surface area contributed by atoms with Crippen LogP contribution in [-0.2, 0) is 6.54 Å². The van der Waals surface area contributed by atoms with Gasteiger partial charge in [-0.2, -0.15) is 0 Å². The lowest BCUT2D eigenvalue weighted by molar-refractivity contribution is 0.172. The minimum Gasteiger partial charge on any atom is -0.507 e. The Labute approximate surface area is 123 Å². The van der Waals surface area contributed by atoms with Gasteiger partial charge in [-0.3, -0.25) is 4.90 Å². The van der Waals surface area contributed by atoms with Crippen LogP contribution in [0.4, 0.5) is 0 Å². The molecule has 0 aromatic heterocycles. The van der Waals surface area contributed by atoms with Crippen molar-refractivity contribution in [2.75, 3.05) is 26.7 Å². The summed E-state index contributed by atoms with van der Waals surface area (Å²) in [5.41, 5.74) is 3.30. The Morgan fingerprint density at radius 3 is 2.35 bits per heavy atom. The predicted molar refractivity (Wildman–Crippen MR) is 84.1 cm³/mol. The number of phenols is 1. The molecule has 0 bridgehead atoms. The van der Waals surface area contributed by atoms with Crippen molar-refractivity contribution in [2.45, 2.75) is 39.7 Å². The quantitative estimate of drug-likeness (QED) is 0.868. The van der Waals surface area contributed by atoms with E-state index >= 15 is 0 Å². The standard InChI is InChI=1S/C17H28N2O/c1-13-10-16(11-14(2)17(13)20)12-19-8-5-15(6-9-19)4-7-18-3/h10-11,15,18,20H,4-9,12H2,1-3H3. The van der Waals surface area contributed by atoms with Crippen molar-refractivity contribution in [3.8, 4) is 5.75 Å². The molecule has 1 fully saturated rings. The second-order valence-electron chi connectivity index (χ2n) is 6.19. The molecule has 0 saturated carbocycles. The first-order valence-corrected chi connectivity index (χ1v) is 7.76. The number of benzene rings is 1. The molecule has 20 heavy (non-hydrogen) atoms. The lowest BCUT2D eigenvalue weighted by atomic mass is 9.93. The molecule has 0 aliphatic carbocycles. The number of hydrogen-bond donors (Lipinski definition) is 2. The summed E-state index contributed by atoms with van der Waals surface area (Å²) in [6.07, 6.45) is 3.94. The average Bonchev–Trinajstić information content (AvgIpc) is 2.44. The van der Waals surface area contributed by atoms with Gasteiger partial charge in [0.25, 0.3) is 0 Å².